The molecule has 1 heterocycles. The predicted octanol–water partition coefficient (Wildman–Crippen LogP) is 2.45. The van der Waals surface area contributed by atoms with E-state index in [1.807, 2.05) is 0 Å². The van der Waals surface area contributed by atoms with E-state index >= 15 is 0 Å². The van der Waals surface area contributed by atoms with Crippen molar-refractivity contribution in [2.75, 3.05) is 20.2 Å². The Morgan fingerprint density at radius 2 is 2.13 bits per heavy atom. The molecule has 5 nitrogen and oxygen atoms in total. The normalized spacial score (nSPS) is 20.6. The Bertz CT molecular complexity index is 531. The third-order valence-electron chi connectivity index (χ3n) is 3.74. The van der Waals surface area contributed by atoms with Gasteiger partial charge in [-0.3, -0.25) is 4.79 Å². The van der Waals surface area contributed by atoms with Gasteiger partial charge in [0.1, 0.15) is 0 Å². The van der Waals surface area contributed by atoms with Gasteiger partial charge in [0.2, 0.25) is 0 Å². The van der Waals surface area contributed by atoms with Crippen LogP contribution in [0.25, 0.3) is 0 Å². The number of alkyl halides is 2. The highest BCUT2D eigenvalue weighted by Crippen LogP contribution is 2.29. The van der Waals surface area contributed by atoms with Crippen LogP contribution in [0.15, 0.2) is 18.2 Å². The van der Waals surface area contributed by atoms with Crippen LogP contribution >= 0.6 is 12.4 Å². The van der Waals surface area contributed by atoms with Gasteiger partial charge in [0, 0.05) is 11.6 Å². The minimum Gasteiger partial charge on any atom is -0.493 e. The number of amides is 1. The molecule has 0 saturated carbocycles. The Labute approximate surface area is 140 Å². The highest BCUT2D eigenvalue weighted by Gasteiger charge is 2.23. The second-order valence-corrected chi connectivity index (χ2v) is 5.29. The van der Waals surface area contributed by atoms with Gasteiger partial charge >= 0.3 is 6.61 Å². The summed E-state index contributed by atoms with van der Waals surface area (Å²) in [4.78, 5) is 12.3. The molecule has 0 bridgehead atoms. The lowest BCUT2D eigenvalue weighted by Crippen LogP contribution is -2.48. The summed E-state index contributed by atoms with van der Waals surface area (Å²) in [6, 6.07) is 4.30. The Balaban J connectivity index is 0.00000264. The molecule has 1 aromatic carbocycles. The molecule has 0 radical (unpaired) electrons. The first-order valence-electron chi connectivity index (χ1n) is 7.15. The number of methoxy groups -OCH3 is 1. The molecule has 0 aliphatic carbocycles. The van der Waals surface area contributed by atoms with Crippen LogP contribution in [0.5, 0.6) is 11.5 Å². The number of piperidine rings is 1. The lowest BCUT2D eigenvalue weighted by atomic mass is 9.95. The monoisotopic (exact) mass is 350 g/mol. The van der Waals surface area contributed by atoms with Crippen LogP contribution in [-0.2, 0) is 0 Å². The lowest BCUT2D eigenvalue weighted by molar-refractivity contribution is -0.0512. The van der Waals surface area contributed by atoms with Crippen molar-refractivity contribution in [1.29, 1.82) is 0 Å². The van der Waals surface area contributed by atoms with Crippen LogP contribution in [-0.4, -0.2) is 38.8 Å². The van der Waals surface area contributed by atoms with Crippen LogP contribution in [0, 0.1) is 5.92 Å². The van der Waals surface area contributed by atoms with Crippen molar-refractivity contribution in [2.45, 2.75) is 26.0 Å². The van der Waals surface area contributed by atoms with Gasteiger partial charge in [-0.2, -0.15) is 8.78 Å². The topological polar surface area (TPSA) is 59.6 Å². The summed E-state index contributed by atoms with van der Waals surface area (Å²) in [6.45, 7) is 0.762. The molecule has 2 N–H and O–H groups in total. The molecule has 1 amide bonds. The molecule has 1 aliphatic rings. The van der Waals surface area contributed by atoms with Crippen LogP contribution in [0.1, 0.15) is 23.7 Å². The highest BCUT2D eigenvalue weighted by atomic mass is 35.5. The van der Waals surface area contributed by atoms with E-state index in [0.717, 1.165) is 19.5 Å². The predicted molar refractivity (Wildman–Crippen MR) is 84.8 cm³/mol. The van der Waals surface area contributed by atoms with Gasteiger partial charge in [-0.05, 0) is 43.6 Å². The van der Waals surface area contributed by atoms with Crippen molar-refractivity contribution >= 4 is 18.3 Å². The standard InChI is InChI=1S/C15H20F2N2O3.ClH/c1-9-8-18-6-5-11(9)19-14(20)10-3-4-12(21-2)13(7-10)22-15(16)17;/h3-4,7,9,11,15,18H,5-6,8H2,1-2H3,(H,19,20);1H. The quantitative estimate of drug-likeness (QED) is 0.856. The van der Waals surface area contributed by atoms with E-state index in [0.29, 0.717) is 5.92 Å². The van der Waals surface area contributed by atoms with Crippen LogP contribution in [0.4, 0.5) is 8.78 Å². The summed E-state index contributed by atoms with van der Waals surface area (Å²) in [7, 11) is 1.35. The van der Waals surface area contributed by atoms with Crippen molar-refractivity contribution in [2.24, 2.45) is 5.92 Å². The van der Waals surface area contributed by atoms with Crippen molar-refractivity contribution in [3.8, 4) is 11.5 Å². The number of rotatable bonds is 5. The second-order valence-electron chi connectivity index (χ2n) is 5.29. The third-order valence-corrected chi connectivity index (χ3v) is 3.74. The zero-order valence-corrected chi connectivity index (χ0v) is 13.8. The number of carbonyl (C=O) groups is 1. The summed E-state index contributed by atoms with van der Waals surface area (Å²) in [6.07, 6.45) is 0.837. The summed E-state index contributed by atoms with van der Waals surface area (Å²) in [5.41, 5.74) is 0.266. The van der Waals surface area contributed by atoms with Gasteiger partial charge in [0.05, 0.1) is 7.11 Å². The SMILES string of the molecule is COc1ccc(C(=O)NC2CCNCC2C)cc1OC(F)F.Cl. The molecule has 2 atom stereocenters. The van der Waals surface area contributed by atoms with Gasteiger partial charge in [0.15, 0.2) is 11.5 Å². The van der Waals surface area contributed by atoms with Gasteiger partial charge in [0.25, 0.3) is 5.91 Å². The van der Waals surface area contributed by atoms with Crippen LogP contribution in [0.2, 0.25) is 0 Å². The number of benzene rings is 1. The maximum atomic E-state index is 12.4. The van der Waals surface area contributed by atoms with Gasteiger partial charge in [-0.15, -0.1) is 12.4 Å². The number of hydrogen-bond donors (Lipinski definition) is 2. The van der Waals surface area contributed by atoms with E-state index in [-0.39, 0.29) is 41.4 Å². The maximum absolute atomic E-state index is 12.4. The molecular formula is C15H21ClF2N2O3. The van der Waals surface area contributed by atoms with E-state index in [1.165, 1.54) is 25.3 Å². The smallest absolute Gasteiger partial charge is 0.387 e. The minimum atomic E-state index is -2.98. The summed E-state index contributed by atoms with van der Waals surface area (Å²) < 4.78 is 34.2. The maximum Gasteiger partial charge on any atom is 0.387 e. The lowest BCUT2D eigenvalue weighted by Gasteiger charge is -2.30. The summed E-state index contributed by atoms with van der Waals surface area (Å²) >= 11 is 0. The largest absolute Gasteiger partial charge is 0.493 e. The summed E-state index contributed by atoms with van der Waals surface area (Å²) in [5.74, 6) is 0.0174. The van der Waals surface area contributed by atoms with Crippen molar-refractivity contribution in [3.63, 3.8) is 0 Å². The molecule has 23 heavy (non-hydrogen) atoms. The van der Waals surface area contributed by atoms with E-state index in [4.69, 9.17) is 4.74 Å². The first-order chi connectivity index (χ1) is 10.5. The second kappa shape index (κ2) is 8.88. The molecule has 1 aliphatic heterocycles. The van der Waals surface area contributed by atoms with E-state index in [2.05, 4.69) is 22.3 Å². The molecule has 2 unspecified atom stereocenters. The Hall–Kier alpha value is -1.60. The fourth-order valence-corrected chi connectivity index (χ4v) is 2.49. The molecule has 8 heteroatoms. The number of hydrogen-bond acceptors (Lipinski definition) is 4. The highest BCUT2D eigenvalue weighted by molar-refractivity contribution is 5.95. The van der Waals surface area contributed by atoms with E-state index in [9.17, 15) is 13.6 Å². The van der Waals surface area contributed by atoms with Gasteiger partial charge in [-0.25, -0.2) is 0 Å². The van der Waals surface area contributed by atoms with E-state index in [1.54, 1.807) is 0 Å². The minimum absolute atomic E-state index is 0. The zero-order valence-electron chi connectivity index (χ0n) is 13.0. The fourth-order valence-electron chi connectivity index (χ4n) is 2.49. The molecule has 1 fully saturated rings. The number of carbonyl (C=O) groups excluding carboxylic acids is 1. The zero-order chi connectivity index (χ0) is 16.1. The Kier molecular flexibility index (Phi) is 7.51. The van der Waals surface area contributed by atoms with Crippen molar-refractivity contribution in [1.82, 2.24) is 10.6 Å². The Morgan fingerprint density at radius 1 is 1.39 bits per heavy atom. The van der Waals surface area contributed by atoms with E-state index < -0.39 is 6.61 Å². The summed E-state index contributed by atoms with van der Waals surface area (Å²) in [5, 5.41) is 6.19. The molecule has 0 aromatic heterocycles. The van der Waals surface area contributed by atoms with Crippen LogP contribution < -0.4 is 20.1 Å². The first kappa shape index (κ1) is 19.4. The third kappa shape index (κ3) is 5.21. The molecule has 1 aromatic rings. The average molecular weight is 351 g/mol. The number of halogens is 3. The molecule has 2 rings (SSSR count). The average Bonchev–Trinajstić information content (AvgIpc) is 2.49. The molecule has 130 valence electrons. The van der Waals surface area contributed by atoms with Crippen molar-refractivity contribution in [3.05, 3.63) is 23.8 Å². The van der Waals surface area contributed by atoms with Crippen molar-refractivity contribution < 1.29 is 23.0 Å². The molecule has 0 spiro atoms. The van der Waals surface area contributed by atoms with Gasteiger partial charge in [-0.1, -0.05) is 6.92 Å². The number of ether oxygens (including phenoxy) is 2. The fraction of sp³-hybridized carbons (Fsp3) is 0.533. The van der Waals surface area contributed by atoms with Gasteiger partial charge < -0.3 is 20.1 Å². The number of nitrogens with one attached hydrogen (secondary N) is 2. The molecular weight excluding hydrogens is 330 g/mol. The van der Waals surface area contributed by atoms with Crippen LogP contribution in [0.3, 0.4) is 0 Å². The Morgan fingerprint density at radius 3 is 2.74 bits per heavy atom. The first-order valence-corrected chi connectivity index (χ1v) is 7.15. The molecule has 1 saturated heterocycles.